The van der Waals surface area contributed by atoms with Gasteiger partial charge in [0, 0.05) is 24.4 Å². The molecule has 0 bridgehead atoms. The molecule has 0 saturated carbocycles. The summed E-state index contributed by atoms with van der Waals surface area (Å²) in [7, 11) is -8.04. The topological polar surface area (TPSA) is 57.2 Å². The Kier molecular flexibility index (Phi) is 5.33. The number of fused-ring (bicyclic) bond motifs is 1. The molecule has 1 aromatic heterocycles. The summed E-state index contributed by atoms with van der Waals surface area (Å²) in [5.41, 5.74) is -9.97. The molecule has 1 heterocycles. The van der Waals surface area contributed by atoms with Crippen LogP contribution in [0.3, 0.4) is 0 Å². The molecule has 0 aliphatic heterocycles. The summed E-state index contributed by atoms with van der Waals surface area (Å²) in [6.45, 7) is 1.43. The highest BCUT2D eigenvalue weighted by Gasteiger charge is 2.47. The first-order chi connectivity index (χ1) is 10.1. The van der Waals surface area contributed by atoms with Gasteiger partial charge in [0.25, 0.3) is 0 Å². The lowest BCUT2D eigenvalue weighted by Gasteiger charge is -2.08. The van der Waals surface area contributed by atoms with Crippen molar-refractivity contribution in [2.45, 2.75) is 17.9 Å². The highest BCUT2D eigenvalue weighted by molar-refractivity contribution is 7.86. The van der Waals surface area contributed by atoms with Gasteiger partial charge < -0.3 is 4.55 Å². The maximum atomic E-state index is 12.9. The third-order valence-corrected chi connectivity index (χ3v) is 4.98. The molecule has 1 aromatic carbocycles. The van der Waals surface area contributed by atoms with E-state index in [2.05, 4.69) is 0 Å². The smallest absolute Gasteiger partial charge is 0.600 e. The largest absolute Gasteiger partial charge is 0.741 e. The number of halogens is 7. The zero-order valence-electron chi connectivity index (χ0n) is 11.0. The summed E-state index contributed by atoms with van der Waals surface area (Å²) in [4.78, 5) is 0.239. The van der Waals surface area contributed by atoms with Crippen LogP contribution in [0, 0.1) is 12.7 Å². The van der Waals surface area contributed by atoms with E-state index in [4.69, 9.17) is 13.0 Å². The maximum Gasteiger partial charge on any atom is 0.600 e. The van der Waals surface area contributed by atoms with Gasteiger partial charge in [-0.2, -0.15) is 13.2 Å². The predicted octanol–water partition coefficient (Wildman–Crippen LogP) is 4.56. The molecule has 23 heavy (non-hydrogen) atoms. The molecule has 130 valence electrons. The van der Waals surface area contributed by atoms with Crippen molar-refractivity contribution in [2.75, 3.05) is 0 Å². The maximum absolute atomic E-state index is 12.9. The zero-order chi connectivity index (χ0) is 18.2. The first kappa shape index (κ1) is 19.6. The van der Waals surface area contributed by atoms with Crippen LogP contribution in [0.15, 0.2) is 24.3 Å². The number of alkyl halides is 6. The zero-order valence-corrected chi connectivity index (χ0v) is 12.6. The summed E-state index contributed by atoms with van der Waals surface area (Å²) in [6.07, 6.45) is 0. The van der Waals surface area contributed by atoms with E-state index in [0.717, 1.165) is 6.07 Å². The SMILES string of the molecule is Cc1cc2ccc(F)cc2[s+]1C(F)(F)F.O=S(=O)([O-])C(F)(F)F. The van der Waals surface area contributed by atoms with Crippen molar-refractivity contribution in [1.82, 2.24) is 0 Å². The van der Waals surface area contributed by atoms with Crippen LogP contribution in [0.2, 0.25) is 0 Å². The molecule has 12 heteroatoms. The Labute approximate surface area is 128 Å². The van der Waals surface area contributed by atoms with E-state index in [1.165, 1.54) is 25.1 Å². The van der Waals surface area contributed by atoms with E-state index < -0.39 is 37.4 Å². The van der Waals surface area contributed by atoms with E-state index in [9.17, 15) is 30.7 Å². The number of thiophene rings is 1. The van der Waals surface area contributed by atoms with E-state index in [1.54, 1.807) is 0 Å². The van der Waals surface area contributed by atoms with E-state index in [-0.39, 0.29) is 9.58 Å². The standard InChI is InChI=1S/C10H7F4S.CHF3O3S/c1-6-4-7-2-3-8(11)5-9(7)15(6)10(12,13)14;2-1(3,4)8(5,6)7/h2-5H,1H3;(H,5,6,7)/q+1;/p-1. The Bertz CT molecular complexity index is 803. The second kappa shape index (κ2) is 6.24. The summed E-state index contributed by atoms with van der Waals surface area (Å²) < 4.78 is 110. The first-order valence-electron chi connectivity index (χ1n) is 5.45. The molecule has 0 fully saturated rings. The van der Waals surface area contributed by atoms with Gasteiger partial charge in [-0.1, -0.05) is 0 Å². The van der Waals surface area contributed by atoms with Crippen molar-refractivity contribution < 1.29 is 43.7 Å². The van der Waals surface area contributed by atoms with Crippen molar-refractivity contribution in [3.05, 3.63) is 35.0 Å². The Morgan fingerprint density at radius 2 is 1.52 bits per heavy atom. The predicted molar refractivity (Wildman–Crippen MR) is 68.2 cm³/mol. The van der Waals surface area contributed by atoms with Crippen LogP contribution in [-0.4, -0.2) is 18.5 Å². The fourth-order valence-electron chi connectivity index (χ4n) is 1.56. The van der Waals surface area contributed by atoms with Crippen molar-refractivity contribution in [1.29, 1.82) is 0 Å². The van der Waals surface area contributed by atoms with Crippen LogP contribution in [0.4, 0.5) is 30.7 Å². The minimum absolute atomic E-state index is 0.0417. The van der Waals surface area contributed by atoms with Crippen LogP contribution in [0.1, 0.15) is 4.88 Å². The van der Waals surface area contributed by atoms with Crippen LogP contribution in [-0.2, 0) is 15.6 Å². The number of hydrogen-bond acceptors (Lipinski definition) is 3. The van der Waals surface area contributed by atoms with Crippen LogP contribution in [0.5, 0.6) is 0 Å². The third-order valence-electron chi connectivity index (χ3n) is 2.39. The van der Waals surface area contributed by atoms with Crippen LogP contribution in [0.25, 0.3) is 10.1 Å². The van der Waals surface area contributed by atoms with E-state index in [1.807, 2.05) is 0 Å². The summed E-state index contributed by atoms with van der Waals surface area (Å²) in [5, 5.41) is 0.467. The average molecular weight is 384 g/mol. The third kappa shape index (κ3) is 4.78. The number of benzene rings is 1. The Morgan fingerprint density at radius 3 is 1.91 bits per heavy atom. The summed E-state index contributed by atoms with van der Waals surface area (Å²) in [6, 6.07) is 4.99. The average Bonchev–Trinajstić information content (AvgIpc) is 2.61. The Morgan fingerprint density at radius 1 is 1.04 bits per heavy atom. The molecule has 0 saturated heterocycles. The first-order valence-corrected chi connectivity index (χ1v) is 8.09. The monoisotopic (exact) mass is 384 g/mol. The Balaban J connectivity index is 0.000000284. The molecule has 0 spiro atoms. The van der Waals surface area contributed by atoms with Gasteiger partial charge in [0.1, 0.15) is 5.82 Å². The lowest BCUT2D eigenvalue weighted by atomic mass is 10.2. The molecule has 3 nitrogen and oxygen atoms in total. The van der Waals surface area contributed by atoms with Gasteiger partial charge in [-0.25, -0.2) is 12.8 Å². The number of aryl methyl sites for hydroxylation is 1. The van der Waals surface area contributed by atoms with Gasteiger partial charge in [-0.3, -0.25) is 0 Å². The lowest BCUT2D eigenvalue weighted by Crippen LogP contribution is -2.21. The molecular formula is C11H7F7O3S2. The highest BCUT2D eigenvalue weighted by atomic mass is 32.2. The lowest BCUT2D eigenvalue weighted by molar-refractivity contribution is -0.0867. The van der Waals surface area contributed by atoms with Crippen molar-refractivity contribution in [2.24, 2.45) is 0 Å². The molecule has 0 amide bonds. The minimum atomic E-state index is -6.09. The van der Waals surface area contributed by atoms with E-state index >= 15 is 0 Å². The highest BCUT2D eigenvalue weighted by Crippen LogP contribution is 2.50. The molecular weight excluding hydrogens is 377 g/mol. The second-order valence-electron chi connectivity index (χ2n) is 4.09. The van der Waals surface area contributed by atoms with Crippen molar-refractivity contribution in [3.8, 4) is 0 Å². The van der Waals surface area contributed by atoms with Crippen LogP contribution >= 0.6 is 10.5 Å². The van der Waals surface area contributed by atoms with Crippen molar-refractivity contribution in [3.63, 3.8) is 0 Å². The summed E-state index contributed by atoms with van der Waals surface area (Å²) >= 11 is 0. The van der Waals surface area contributed by atoms with Gasteiger partial charge in [0.15, 0.2) is 19.7 Å². The van der Waals surface area contributed by atoms with Crippen molar-refractivity contribution >= 4 is 30.7 Å². The fraction of sp³-hybridized carbons (Fsp3) is 0.273. The van der Waals surface area contributed by atoms with Gasteiger partial charge in [-0.15, -0.1) is 13.2 Å². The minimum Gasteiger partial charge on any atom is -0.741 e. The van der Waals surface area contributed by atoms with Gasteiger partial charge in [-0.05, 0) is 12.1 Å². The molecule has 0 radical (unpaired) electrons. The molecule has 0 aliphatic rings. The van der Waals surface area contributed by atoms with Crippen LogP contribution < -0.4 is 0 Å². The molecule has 1 atom stereocenters. The Hall–Kier alpha value is -1.40. The fourth-order valence-corrected chi connectivity index (χ4v) is 3.36. The quantitative estimate of drug-likeness (QED) is 0.290. The van der Waals surface area contributed by atoms with Gasteiger partial charge >= 0.3 is 11.0 Å². The number of hydrogen-bond donors (Lipinski definition) is 0. The summed E-state index contributed by atoms with van der Waals surface area (Å²) in [5.74, 6) is -0.626. The van der Waals surface area contributed by atoms with Gasteiger partial charge in [0.2, 0.25) is 0 Å². The van der Waals surface area contributed by atoms with E-state index in [0.29, 0.717) is 5.39 Å². The molecule has 2 aromatic rings. The molecule has 0 N–H and O–H groups in total. The molecule has 2 rings (SSSR count). The molecule has 0 aliphatic carbocycles. The number of rotatable bonds is 0. The van der Waals surface area contributed by atoms with Gasteiger partial charge in [0.05, 0.1) is 10.5 Å². The normalized spacial score (nSPS) is 13.7. The molecule has 1 unspecified atom stereocenters. The second-order valence-corrected chi connectivity index (χ2v) is 7.62.